The molecule has 6 nitrogen and oxygen atoms in total. The maximum atomic E-state index is 9.77. The number of carbonyl (C=O) groups is 2. The van der Waals surface area contributed by atoms with E-state index in [1.54, 1.807) is 0 Å². The van der Waals surface area contributed by atoms with Crippen molar-refractivity contribution in [2.75, 3.05) is 0 Å². The van der Waals surface area contributed by atoms with Gasteiger partial charge < -0.3 is 20.4 Å². The fourth-order valence-corrected chi connectivity index (χ4v) is 0.270. The van der Waals surface area contributed by atoms with E-state index in [9.17, 15) is 9.59 Å². The number of aliphatic carboxylic acids is 2. The van der Waals surface area contributed by atoms with Crippen molar-refractivity contribution in [3.05, 3.63) is 0 Å². The second-order valence-corrected chi connectivity index (χ2v) is 1.57. The van der Waals surface area contributed by atoms with Crippen LogP contribution in [0.1, 0.15) is 0 Å². The van der Waals surface area contributed by atoms with E-state index < -0.39 is 24.1 Å². The average molecular weight is 227 g/mol. The number of rotatable bonds is 3. The van der Waals surface area contributed by atoms with Crippen LogP contribution in [-0.4, -0.2) is 62.2 Å². The number of hydrogen-bond acceptors (Lipinski definition) is 4. The molecule has 0 bridgehead atoms. The first-order valence-corrected chi connectivity index (χ1v) is 2.28. The van der Waals surface area contributed by atoms with Gasteiger partial charge in [-0.05, 0) is 0 Å². The zero-order chi connectivity index (χ0) is 8.31. The van der Waals surface area contributed by atoms with Gasteiger partial charge in [-0.2, -0.15) is 0 Å². The van der Waals surface area contributed by atoms with Crippen molar-refractivity contribution in [2.45, 2.75) is 12.2 Å². The molecule has 0 aromatic carbocycles. The molecule has 0 saturated heterocycles. The molecule has 0 aliphatic rings. The van der Waals surface area contributed by atoms with Crippen molar-refractivity contribution in [2.24, 2.45) is 0 Å². The monoisotopic (exact) mass is 228 g/mol. The van der Waals surface area contributed by atoms with Gasteiger partial charge in [0.25, 0.3) is 0 Å². The zero-order valence-corrected chi connectivity index (χ0v) is 4.76. The molecule has 7 heteroatoms. The van der Waals surface area contributed by atoms with Crippen LogP contribution in [0.25, 0.3) is 0 Å². The molecule has 0 amide bonds. The van der Waals surface area contributed by atoms with Gasteiger partial charge in [-0.1, -0.05) is 0 Å². The van der Waals surface area contributed by atoms with Gasteiger partial charge in [-0.15, -0.1) is 0 Å². The molecule has 0 spiro atoms. The molecule has 2 atom stereocenters. The number of carboxylic acids is 2. The Morgan fingerprint density at radius 3 is 1.18 bits per heavy atom. The van der Waals surface area contributed by atoms with Crippen molar-refractivity contribution < 1.29 is 30.0 Å². The van der Waals surface area contributed by atoms with Gasteiger partial charge in [0.2, 0.25) is 0 Å². The summed E-state index contributed by atoms with van der Waals surface area (Å²) in [6, 6.07) is 0. The first kappa shape index (κ1) is 13.0. The molecule has 0 aliphatic heterocycles. The van der Waals surface area contributed by atoms with Crippen molar-refractivity contribution in [1.82, 2.24) is 0 Å². The second-order valence-electron chi connectivity index (χ2n) is 1.57. The maximum absolute atomic E-state index is 9.77. The summed E-state index contributed by atoms with van der Waals surface area (Å²) in [4.78, 5) is 19.5. The van der Waals surface area contributed by atoms with Crippen LogP contribution in [0.3, 0.4) is 0 Å². The Labute approximate surface area is 72.4 Å². The Balaban J connectivity index is 0. The van der Waals surface area contributed by atoms with Crippen LogP contribution < -0.4 is 0 Å². The summed E-state index contributed by atoms with van der Waals surface area (Å²) in [6.07, 6.45) is -4.53. The van der Waals surface area contributed by atoms with Gasteiger partial charge in [0.1, 0.15) is 0 Å². The number of carboxylic acid groups (broad SMARTS) is 2. The molecule has 0 aromatic rings. The molecular formula is C4H10GeO6. The van der Waals surface area contributed by atoms with Crippen molar-refractivity contribution in [3.8, 4) is 0 Å². The molecule has 4 N–H and O–H groups in total. The molecule has 11 heavy (non-hydrogen) atoms. The second kappa shape index (κ2) is 5.11. The fraction of sp³-hybridized carbons (Fsp3) is 0.500. The van der Waals surface area contributed by atoms with E-state index >= 15 is 0 Å². The molecule has 0 saturated carbocycles. The summed E-state index contributed by atoms with van der Waals surface area (Å²) in [5, 5.41) is 32.5. The van der Waals surface area contributed by atoms with E-state index in [0.717, 1.165) is 0 Å². The van der Waals surface area contributed by atoms with Gasteiger partial charge >= 0.3 is 29.5 Å². The molecule has 0 fully saturated rings. The average Bonchev–Trinajstić information content (AvgIpc) is 1.84. The molecule has 0 aromatic heterocycles. The van der Waals surface area contributed by atoms with Crippen LogP contribution in [0.2, 0.25) is 0 Å². The standard InChI is InChI=1S/C4H6O6.GeH4/c5-1(3(7)8)2(6)4(9)10;/h1-2,5-6H,(H,7,8)(H,9,10);1H4/t1-,2-;/m1./s1. The summed E-state index contributed by atoms with van der Waals surface area (Å²) >= 11 is 0. The Bertz CT molecular complexity index is 139. The predicted octanol–water partition coefficient (Wildman–Crippen LogP) is -3.57. The molecular weight excluding hydrogens is 217 g/mol. The third-order valence-electron chi connectivity index (χ3n) is 0.805. The minimum atomic E-state index is -2.27. The SMILES string of the molecule is O=C(O)[C@H](O)[C@@H](O)C(=O)O.[GeH4]. The topological polar surface area (TPSA) is 115 Å². The number of hydrogen-bond donors (Lipinski definition) is 4. The molecule has 0 radical (unpaired) electrons. The summed E-state index contributed by atoms with van der Waals surface area (Å²) in [5.41, 5.74) is 0. The Hall–Kier alpha value is -0.597. The van der Waals surface area contributed by atoms with E-state index in [2.05, 4.69) is 0 Å². The fourth-order valence-electron chi connectivity index (χ4n) is 0.270. The van der Waals surface area contributed by atoms with Crippen LogP contribution in [0.15, 0.2) is 0 Å². The van der Waals surface area contributed by atoms with Gasteiger partial charge in [0, 0.05) is 0 Å². The van der Waals surface area contributed by atoms with Gasteiger partial charge in [-0.3, -0.25) is 0 Å². The molecule has 0 aliphatic carbocycles. The molecule has 0 unspecified atom stereocenters. The first-order chi connectivity index (χ1) is 4.46. The minimum absolute atomic E-state index is 0. The number of aliphatic hydroxyl groups is 2. The summed E-state index contributed by atoms with van der Waals surface area (Å²) in [5.74, 6) is -3.54. The van der Waals surface area contributed by atoms with Crippen molar-refractivity contribution in [3.63, 3.8) is 0 Å². The quantitative estimate of drug-likeness (QED) is 0.370. The summed E-state index contributed by atoms with van der Waals surface area (Å²) in [6.45, 7) is 0. The molecule has 0 rings (SSSR count). The van der Waals surface area contributed by atoms with Crippen LogP contribution >= 0.6 is 0 Å². The van der Waals surface area contributed by atoms with Gasteiger partial charge in [0.05, 0.1) is 0 Å². The third kappa shape index (κ3) is 3.96. The first-order valence-electron chi connectivity index (χ1n) is 2.28. The van der Waals surface area contributed by atoms with E-state index in [1.165, 1.54) is 0 Å². The normalized spacial score (nSPS) is 14.4. The van der Waals surface area contributed by atoms with Crippen LogP contribution in [0.4, 0.5) is 0 Å². The van der Waals surface area contributed by atoms with Gasteiger partial charge in [0.15, 0.2) is 12.2 Å². The molecule has 66 valence electrons. The Morgan fingerprint density at radius 1 is 0.909 bits per heavy atom. The van der Waals surface area contributed by atoms with E-state index in [0.29, 0.717) is 0 Å². The van der Waals surface area contributed by atoms with Gasteiger partial charge in [-0.25, -0.2) is 9.59 Å². The van der Waals surface area contributed by atoms with E-state index in [-0.39, 0.29) is 17.6 Å². The van der Waals surface area contributed by atoms with Crippen LogP contribution in [0, 0.1) is 0 Å². The van der Waals surface area contributed by atoms with E-state index in [4.69, 9.17) is 20.4 Å². The Kier molecular flexibility index (Phi) is 6.05. The predicted molar refractivity (Wildman–Crippen MR) is 38.6 cm³/mol. The Morgan fingerprint density at radius 2 is 1.09 bits per heavy atom. The summed E-state index contributed by atoms with van der Waals surface area (Å²) < 4.78 is 0. The van der Waals surface area contributed by atoms with Crippen molar-refractivity contribution in [1.29, 1.82) is 0 Å². The van der Waals surface area contributed by atoms with E-state index in [1.807, 2.05) is 0 Å². The van der Waals surface area contributed by atoms with Crippen LogP contribution in [0.5, 0.6) is 0 Å². The molecule has 0 heterocycles. The van der Waals surface area contributed by atoms with Crippen molar-refractivity contribution >= 4 is 29.5 Å². The third-order valence-corrected chi connectivity index (χ3v) is 0.805. The summed E-state index contributed by atoms with van der Waals surface area (Å²) in [7, 11) is 0. The zero-order valence-electron chi connectivity index (χ0n) is 4.76. The van der Waals surface area contributed by atoms with Crippen LogP contribution in [-0.2, 0) is 9.59 Å². The number of aliphatic hydroxyl groups excluding tert-OH is 2.